The van der Waals surface area contributed by atoms with E-state index >= 15 is 0 Å². The zero-order valence-corrected chi connectivity index (χ0v) is 17.8. The van der Waals surface area contributed by atoms with Crippen LogP contribution in [0.25, 0.3) is 0 Å². The summed E-state index contributed by atoms with van der Waals surface area (Å²) in [5.74, 6) is 1.26. The molecule has 1 aliphatic rings. The molecule has 1 aromatic heterocycles. The van der Waals surface area contributed by atoms with Gasteiger partial charge in [-0.2, -0.15) is 0 Å². The van der Waals surface area contributed by atoms with E-state index in [-0.39, 0.29) is 33.6 Å². The maximum Gasteiger partial charge on any atom is 0.185 e. The fourth-order valence-electron chi connectivity index (χ4n) is 3.77. The number of aromatic nitrogens is 2. The molecule has 4 heteroatoms. The molecule has 0 amide bonds. The number of rotatable bonds is 3. The van der Waals surface area contributed by atoms with Gasteiger partial charge in [-0.1, -0.05) is 39.8 Å². The van der Waals surface area contributed by atoms with Gasteiger partial charge in [-0.05, 0) is 40.9 Å². The molecule has 0 radical (unpaired) electrons. The number of ketones is 1. The number of halogens is 1. The van der Waals surface area contributed by atoms with Gasteiger partial charge in [0.2, 0.25) is 0 Å². The first kappa shape index (κ1) is 19.9. The molecule has 0 aliphatic heterocycles. The summed E-state index contributed by atoms with van der Waals surface area (Å²) < 4.78 is 4.04. The van der Waals surface area contributed by atoms with Crippen LogP contribution in [0.4, 0.5) is 0 Å². The van der Waals surface area contributed by atoms with Gasteiger partial charge in [0.1, 0.15) is 6.54 Å². The lowest BCUT2D eigenvalue weighted by atomic mass is 9.63. The highest BCUT2D eigenvalue weighted by atomic mass is 79.9. The standard InChI is InChI=1S/C21H29N2O.BrH/c1-15-22(6)11-12-23(15)14-19(24)16-7-8-17-18(13-16)21(4,5)10-9-20(17,2)3;/h7-8,11-13H,9-10,14H2,1-6H3;1H/q+1;/p-1. The molecule has 3 nitrogen and oxygen atoms in total. The molecule has 25 heavy (non-hydrogen) atoms. The van der Waals surface area contributed by atoms with Crippen LogP contribution < -0.4 is 17.0 Å². The van der Waals surface area contributed by atoms with Crippen LogP contribution in [0.2, 0.25) is 0 Å². The number of imidazole rings is 1. The van der Waals surface area contributed by atoms with Gasteiger partial charge in [0, 0.05) is 19.5 Å². The monoisotopic (exact) mass is 404 g/mol. The molecule has 1 aliphatic carbocycles. The van der Waals surface area contributed by atoms with Crippen LogP contribution in [0.15, 0.2) is 30.6 Å². The molecule has 0 bridgehead atoms. The van der Waals surface area contributed by atoms with E-state index in [2.05, 4.69) is 39.8 Å². The molecule has 1 aromatic carbocycles. The number of carbonyl (C=O) groups is 1. The molecule has 3 rings (SSSR count). The molecule has 0 spiro atoms. The van der Waals surface area contributed by atoms with E-state index in [1.165, 1.54) is 17.5 Å². The highest BCUT2D eigenvalue weighted by Gasteiger charge is 2.37. The maximum absolute atomic E-state index is 12.8. The summed E-state index contributed by atoms with van der Waals surface area (Å²) in [6.45, 7) is 11.6. The Morgan fingerprint density at radius 3 is 2.24 bits per heavy atom. The van der Waals surface area contributed by atoms with Gasteiger partial charge in [0.15, 0.2) is 24.0 Å². The van der Waals surface area contributed by atoms with Crippen molar-refractivity contribution in [1.82, 2.24) is 9.13 Å². The molecule has 1 heterocycles. The third-order valence-corrected chi connectivity index (χ3v) is 5.89. The van der Waals surface area contributed by atoms with Crippen LogP contribution in [0.1, 0.15) is 67.8 Å². The number of hydrogen-bond acceptors (Lipinski definition) is 1. The van der Waals surface area contributed by atoms with Gasteiger partial charge in [0.25, 0.3) is 0 Å². The molecule has 0 N–H and O–H groups in total. The Balaban J connectivity index is 0.00000225. The van der Waals surface area contributed by atoms with Crippen molar-refractivity contribution in [2.24, 2.45) is 7.05 Å². The van der Waals surface area contributed by atoms with Crippen molar-refractivity contribution < 1.29 is 21.8 Å². The predicted octanol–water partition coefficient (Wildman–Crippen LogP) is 1.65. The zero-order chi connectivity index (χ0) is 17.7. The number of fused-ring (bicyclic) bond motifs is 1. The number of Topliss-reactive ketones (excluding diaryl/α,β-unsaturated/α-hetero) is 1. The van der Waals surface area contributed by atoms with E-state index in [0.717, 1.165) is 17.8 Å². The van der Waals surface area contributed by atoms with Gasteiger partial charge in [-0.15, -0.1) is 0 Å². The molecule has 0 saturated carbocycles. The van der Waals surface area contributed by atoms with Crippen LogP contribution in [0, 0.1) is 6.92 Å². The van der Waals surface area contributed by atoms with Crippen LogP contribution in [0.5, 0.6) is 0 Å². The number of benzene rings is 1. The lowest BCUT2D eigenvalue weighted by Gasteiger charge is -2.42. The summed E-state index contributed by atoms with van der Waals surface area (Å²) in [6, 6.07) is 6.35. The van der Waals surface area contributed by atoms with E-state index in [4.69, 9.17) is 0 Å². The van der Waals surface area contributed by atoms with Crippen molar-refractivity contribution in [3.05, 3.63) is 53.1 Å². The second-order valence-corrected chi connectivity index (χ2v) is 8.54. The number of carbonyl (C=O) groups excluding carboxylic acids is 1. The fraction of sp³-hybridized carbons (Fsp3) is 0.524. The molecule has 0 atom stereocenters. The highest BCUT2D eigenvalue weighted by molar-refractivity contribution is 5.96. The number of aryl methyl sites for hydroxylation is 1. The van der Waals surface area contributed by atoms with E-state index in [1.54, 1.807) is 0 Å². The summed E-state index contributed by atoms with van der Waals surface area (Å²) in [4.78, 5) is 12.8. The summed E-state index contributed by atoms with van der Waals surface area (Å²) in [7, 11) is 2.00. The summed E-state index contributed by atoms with van der Waals surface area (Å²) in [5, 5.41) is 0. The molecule has 0 fully saturated rings. The van der Waals surface area contributed by atoms with Gasteiger partial charge < -0.3 is 17.0 Å². The Kier molecular flexibility index (Phi) is 5.34. The van der Waals surface area contributed by atoms with Crippen molar-refractivity contribution in [1.29, 1.82) is 0 Å². The predicted molar refractivity (Wildman–Crippen MR) is 98.6 cm³/mol. The smallest absolute Gasteiger partial charge is 0.185 e. The minimum Gasteiger partial charge on any atom is -1.00 e. The van der Waals surface area contributed by atoms with Gasteiger partial charge in [-0.3, -0.25) is 4.79 Å². The molecule has 0 unspecified atom stereocenters. The third-order valence-electron chi connectivity index (χ3n) is 5.89. The van der Waals surface area contributed by atoms with E-state index in [0.29, 0.717) is 6.54 Å². The Bertz CT molecular complexity index is 802. The van der Waals surface area contributed by atoms with Crippen molar-refractivity contribution in [3.8, 4) is 0 Å². The Morgan fingerprint density at radius 1 is 1.08 bits per heavy atom. The lowest BCUT2D eigenvalue weighted by molar-refractivity contribution is -0.0000136. The minimum absolute atomic E-state index is 0. The van der Waals surface area contributed by atoms with Crippen molar-refractivity contribution in [2.75, 3.05) is 0 Å². The van der Waals surface area contributed by atoms with Crippen LogP contribution >= 0.6 is 0 Å². The summed E-state index contributed by atoms with van der Waals surface area (Å²) in [6.07, 6.45) is 6.32. The number of nitrogens with zero attached hydrogens (tertiary/aromatic N) is 2. The van der Waals surface area contributed by atoms with E-state index in [1.807, 2.05) is 41.6 Å². The SMILES string of the molecule is C[c+]1n(C)ccn1CC(=O)c1ccc2c(c1)C(C)(C)CCC2(C)C.[Br-]. The van der Waals surface area contributed by atoms with Gasteiger partial charge in [0.05, 0.1) is 0 Å². The Hall–Kier alpha value is -1.42. The van der Waals surface area contributed by atoms with Crippen molar-refractivity contribution in [2.45, 2.75) is 64.8 Å². The third kappa shape index (κ3) is 3.59. The van der Waals surface area contributed by atoms with Gasteiger partial charge in [-0.25, -0.2) is 9.13 Å². The van der Waals surface area contributed by atoms with E-state index < -0.39 is 0 Å². The van der Waals surface area contributed by atoms with Crippen LogP contribution in [-0.4, -0.2) is 14.9 Å². The molecule has 136 valence electrons. The molecule has 0 saturated heterocycles. The largest absolute Gasteiger partial charge is 1.00 e. The maximum atomic E-state index is 12.8. The van der Waals surface area contributed by atoms with Crippen LogP contribution in [0.3, 0.4) is 0 Å². The van der Waals surface area contributed by atoms with Crippen molar-refractivity contribution >= 4 is 5.78 Å². The Labute approximate surface area is 161 Å². The first-order valence-corrected chi connectivity index (χ1v) is 8.81. The van der Waals surface area contributed by atoms with E-state index in [9.17, 15) is 4.79 Å². The Morgan fingerprint density at radius 2 is 1.68 bits per heavy atom. The fourth-order valence-corrected chi connectivity index (χ4v) is 3.77. The van der Waals surface area contributed by atoms with Crippen LogP contribution in [-0.2, 0) is 24.4 Å². The highest BCUT2D eigenvalue weighted by Crippen LogP contribution is 2.45. The normalized spacial score (nSPS) is 17.5. The molecular formula is C21H29BrN2O. The summed E-state index contributed by atoms with van der Waals surface area (Å²) in [5.41, 5.74) is 3.90. The first-order chi connectivity index (χ1) is 11.1. The lowest BCUT2D eigenvalue weighted by Crippen LogP contribution is -3.00. The second-order valence-electron chi connectivity index (χ2n) is 8.54. The van der Waals surface area contributed by atoms with Gasteiger partial charge >= 0.3 is 0 Å². The first-order valence-electron chi connectivity index (χ1n) is 8.81. The minimum atomic E-state index is 0. The van der Waals surface area contributed by atoms with Crippen molar-refractivity contribution in [3.63, 3.8) is 0 Å². The number of hydrogen-bond donors (Lipinski definition) is 0. The second kappa shape index (κ2) is 6.71. The zero-order valence-electron chi connectivity index (χ0n) is 16.2. The topological polar surface area (TPSA) is 26.9 Å². The molecular weight excluding hydrogens is 376 g/mol. The summed E-state index contributed by atoms with van der Waals surface area (Å²) >= 11 is 0. The molecule has 2 aromatic rings. The average Bonchev–Trinajstić information content (AvgIpc) is 2.83. The quantitative estimate of drug-likeness (QED) is 0.564. The average molecular weight is 405 g/mol.